The van der Waals surface area contributed by atoms with Crippen LogP contribution in [0.25, 0.3) is 0 Å². The molecule has 1 aromatic carbocycles. The van der Waals surface area contributed by atoms with Gasteiger partial charge in [0.1, 0.15) is 0 Å². The Hall–Kier alpha value is -1.64. The number of sulfonamides is 1. The fourth-order valence-electron chi connectivity index (χ4n) is 2.95. The molecule has 0 atom stereocenters. The van der Waals surface area contributed by atoms with E-state index >= 15 is 0 Å². The van der Waals surface area contributed by atoms with E-state index in [1.807, 2.05) is 0 Å². The Labute approximate surface area is 164 Å². The molecule has 1 N–H and O–H groups in total. The van der Waals surface area contributed by atoms with E-state index in [1.54, 1.807) is 0 Å². The highest BCUT2D eigenvalue weighted by Crippen LogP contribution is 2.30. The molecule has 1 amide bonds. The van der Waals surface area contributed by atoms with E-state index in [-0.39, 0.29) is 27.5 Å². The van der Waals surface area contributed by atoms with Gasteiger partial charge in [-0.2, -0.15) is 4.31 Å². The number of ether oxygens (including phenoxy) is 1. The number of benzene rings is 1. The van der Waals surface area contributed by atoms with Gasteiger partial charge < -0.3 is 10.1 Å². The molecule has 27 heavy (non-hydrogen) atoms. The van der Waals surface area contributed by atoms with Crippen molar-refractivity contribution in [3.63, 3.8) is 0 Å². The highest BCUT2D eigenvalue weighted by atomic mass is 35.5. The molecule has 1 aromatic rings. The minimum Gasteiger partial charge on any atom is -0.455 e. The lowest BCUT2D eigenvalue weighted by molar-refractivity contribution is -0.148. The molecule has 1 saturated carbocycles. The lowest BCUT2D eigenvalue weighted by Crippen LogP contribution is -2.32. The summed E-state index contributed by atoms with van der Waals surface area (Å²) >= 11 is 6.09. The molecule has 1 heterocycles. The van der Waals surface area contributed by atoms with Crippen LogP contribution in [0.3, 0.4) is 0 Å². The molecule has 9 heteroatoms. The van der Waals surface area contributed by atoms with Crippen molar-refractivity contribution in [2.45, 2.75) is 43.4 Å². The van der Waals surface area contributed by atoms with E-state index in [0.717, 1.165) is 38.5 Å². The second-order valence-electron chi connectivity index (χ2n) is 6.89. The molecule has 1 aliphatic carbocycles. The van der Waals surface area contributed by atoms with Crippen molar-refractivity contribution in [2.75, 3.05) is 25.0 Å². The highest BCUT2D eigenvalue weighted by molar-refractivity contribution is 7.89. The van der Waals surface area contributed by atoms with Crippen LogP contribution < -0.4 is 5.32 Å². The lowest BCUT2D eigenvalue weighted by Gasteiger charge is -2.20. The number of hydrogen-bond donors (Lipinski definition) is 1. The molecule has 1 saturated heterocycles. The van der Waals surface area contributed by atoms with Gasteiger partial charge in [-0.05, 0) is 43.9 Å². The first kappa shape index (κ1) is 20.1. The lowest BCUT2D eigenvalue weighted by atomic mass is 10.2. The molecule has 7 nitrogen and oxygen atoms in total. The Kier molecular flexibility index (Phi) is 6.39. The molecule has 0 aromatic heterocycles. The summed E-state index contributed by atoms with van der Waals surface area (Å²) < 4.78 is 32.2. The normalized spacial score (nSPS) is 18.6. The van der Waals surface area contributed by atoms with E-state index < -0.39 is 22.5 Å². The van der Waals surface area contributed by atoms with E-state index in [1.165, 1.54) is 22.5 Å². The predicted octanol–water partition coefficient (Wildman–Crippen LogP) is 2.80. The van der Waals surface area contributed by atoms with Crippen molar-refractivity contribution in [1.29, 1.82) is 0 Å². The molecule has 148 valence electrons. The molecular formula is C18H23ClN2O5S. The van der Waals surface area contributed by atoms with E-state index in [4.69, 9.17) is 16.3 Å². The smallest absolute Gasteiger partial charge is 0.309 e. The van der Waals surface area contributed by atoms with E-state index in [0.29, 0.717) is 13.1 Å². The minimum atomic E-state index is -3.65. The van der Waals surface area contributed by atoms with Crippen LogP contribution in [0.15, 0.2) is 23.1 Å². The van der Waals surface area contributed by atoms with Gasteiger partial charge in [0.25, 0.3) is 5.91 Å². The summed E-state index contributed by atoms with van der Waals surface area (Å²) in [5.74, 6) is -1.03. The summed E-state index contributed by atoms with van der Waals surface area (Å²) in [5.41, 5.74) is 0.181. The molecule has 1 aliphatic heterocycles. The van der Waals surface area contributed by atoms with Crippen molar-refractivity contribution >= 4 is 39.2 Å². The fraction of sp³-hybridized carbons (Fsp3) is 0.556. The van der Waals surface area contributed by atoms with Gasteiger partial charge in [0, 0.05) is 13.1 Å². The Morgan fingerprint density at radius 1 is 1.15 bits per heavy atom. The van der Waals surface area contributed by atoms with E-state index in [9.17, 15) is 18.0 Å². The molecule has 2 fully saturated rings. The number of nitrogens with one attached hydrogen (secondary N) is 1. The topological polar surface area (TPSA) is 92.8 Å². The molecule has 3 rings (SSSR count). The number of halogens is 1. The Bertz CT molecular complexity index is 815. The zero-order valence-electron chi connectivity index (χ0n) is 14.9. The van der Waals surface area contributed by atoms with Crippen molar-refractivity contribution in [1.82, 2.24) is 4.31 Å². The van der Waals surface area contributed by atoms with Crippen LogP contribution in [-0.4, -0.2) is 44.3 Å². The van der Waals surface area contributed by atoms with Crippen molar-refractivity contribution < 1.29 is 22.7 Å². The quantitative estimate of drug-likeness (QED) is 0.722. The summed E-state index contributed by atoms with van der Waals surface area (Å²) in [6.45, 7) is 0.558. The van der Waals surface area contributed by atoms with Crippen molar-refractivity contribution in [3.05, 3.63) is 23.2 Å². The number of hydrogen-bond acceptors (Lipinski definition) is 5. The number of esters is 1. The second-order valence-corrected chi connectivity index (χ2v) is 9.24. The van der Waals surface area contributed by atoms with Crippen LogP contribution in [0.1, 0.15) is 38.5 Å². The molecule has 0 radical (unpaired) electrons. The van der Waals surface area contributed by atoms with Crippen LogP contribution in [0.4, 0.5) is 5.69 Å². The molecular weight excluding hydrogens is 392 g/mol. The van der Waals surface area contributed by atoms with Gasteiger partial charge in [-0.1, -0.05) is 24.4 Å². The maximum absolute atomic E-state index is 12.9. The third-order valence-electron chi connectivity index (χ3n) is 4.67. The third kappa shape index (κ3) is 5.21. The van der Waals surface area contributed by atoms with Crippen molar-refractivity contribution in [2.24, 2.45) is 5.92 Å². The number of carbonyl (C=O) groups excluding carboxylic acids is 2. The Balaban J connectivity index is 1.69. The second kappa shape index (κ2) is 8.58. The highest BCUT2D eigenvalue weighted by Gasteiger charge is 2.31. The van der Waals surface area contributed by atoms with Crippen molar-refractivity contribution in [3.8, 4) is 0 Å². The minimum absolute atomic E-state index is 0.0825. The van der Waals surface area contributed by atoms with Gasteiger partial charge in [0.05, 0.1) is 21.5 Å². The van der Waals surface area contributed by atoms with Crippen LogP contribution in [-0.2, 0) is 24.3 Å². The molecule has 2 aliphatic rings. The maximum atomic E-state index is 12.9. The monoisotopic (exact) mass is 414 g/mol. The van der Waals surface area contributed by atoms with Gasteiger partial charge in [0.2, 0.25) is 10.0 Å². The molecule has 0 bridgehead atoms. The van der Waals surface area contributed by atoms with Crippen LogP contribution in [0.2, 0.25) is 5.02 Å². The Morgan fingerprint density at radius 2 is 1.81 bits per heavy atom. The van der Waals surface area contributed by atoms with Gasteiger partial charge in [-0.15, -0.1) is 0 Å². The van der Waals surface area contributed by atoms with E-state index in [2.05, 4.69) is 5.32 Å². The standard InChI is InChI=1S/C18H23ClN2O5S/c19-15-8-7-14(27(24,25)21-9-3-1-2-4-10-21)11-16(15)20-17(22)12-26-18(23)13-5-6-13/h7-8,11,13H,1-6,9-10,12H2,(H,20,22). The number of nitrogens with zero attached hydrogens (tertiary/aromatic N) is 1. The summed E-state index contributed by atoms with van der Waals surface area (Å²) in [5, 5.41) is 2.74. The third-order valence-corrected chi connectivity index (χ3v) is 6.90. The average molecular weight is 415 g/mol. The maximum Gasteiger partial charge on any atom is 0.309 e. The van der Waals surface area contributed by atoms with Crippen LogP contribution >= 0.6 is 11.6 Å². The Morgan fingerprint density at radius 3 is 2.44 bits per heavy atom. The first-order chi connectivity index (χ1) is 12.9. The summed E-state index contributed by atoms with van der Waals surface area (Å²) in [4.78, 5) is 23.6. The molecule has 0 unspecified atom stereocenters. The SMILES string of the molecule is O=C(COC(=O)C1CC1)Nc1cc(S(=O)(=O)N2CCCCCC2)ccc1Cl. The average Bonchev–Trinajstić information content (AvgIpc) is 3.48. The number of rotatable bonds is 6. The molecule has 0 spiro atoms. The summed E-state index contributed by atoms with van der Waals surface area (Å²) in [6, 6.07) is 4.23. The number of anilines is 1. The van der Waals surface area contributed by atoms with Gasteiger partial charge in [0.15, 0.2) is 6.61 Å². The van der Waals surface area contributed by atoms with Gasteiger partial charge in [-0.3, -0.25) is 9.59 Å². The summed E-state index contributed by atoms with van der Waals surface area (Å²) in [7, 11) is -3.65. The zero-order valence-corrected chi connectivity index (χ0v) is 16.5. The number of carbonyl (C=O) groups is 2. The fourth-order valence-corrected chi connectivity index (χ4v) is 4.66. The van der Waals surface area contributed by atoms with Crippen LogP contribution in [0.5, 0.6) is 0 Å². The number of amides is 1. The first-order valence-electron chi connectivity index (χ1n) is 9.14. The largest absolute Gasteiger partial charge is 0.455 e. The predicted molar refractivity (Wildman–Crippen MR) is 101 cm³/mol. The van der Waals surface area contributed by atoms with Gasteiger partial charge in [-0.25, -0.2) is 8.42 Å². The van der Waals surface area contributed by atoms with Crippen LogP contribution in [0, 0.1) is 5.92 Å². The van der Waals surface area contributed by atoms with Gasteiger partial charge >= 0.3 is 5.97 Å². The summed E-state index contributed by atoms with van der Waals surface area (Å²) in [6.07, 6.45) is 5.30. The first-order valence-corrected chi connectivity index (χ1v) is 11.0. The zero-order chi connectivity index (χ0) is 19.4.